The lowest BCUT2D eigenvalue weighted by molar-refractivity contribution is -0.129. The Kier molecular flexibility index (Phi) is 5.75. The molecule has 1 atom stereocenters. The number of likely N-dealkylation sites (N-methyl/N-ethyl adjacent to an activating group) is 1. The van der Waals surface area contributed by atoms with Crippen molar-refractivity contribution < 1.29 is 4.79 Å². The maximum atomic E-state index is 12.3. The van der Waals surface area contributed by atoms with Crippen LogP contribution in [0.5, 0.6) is 0 Å². The number of amides is 1. The molecule has 0 aliphatic rings. The smallest absolute Gasteiger partial charge is 0.235 e. The van der Waals surface area contributed by atoms with E-state index in [9.17, 15) is 4.79 Å². The van der Waals surface area contributed by atoms with Crippen molar-refractivity contribution in [2.75, 3.05) is 13.6 Å². The second-order valence-electron chi connectivity index (χ2n) is 4.76. The molecular formula is C16H19N3OS. The van der Waals surface area contributed by atoms with Crippen molar-refractivity contribution in [3.8, 4) is 0 Å². The molecule has 0 aromatic carbocycles. The molecule has 0 saturated carbocycles. The largest absolute Gasteiger partial charge is 0.344 e. The molecule has 0 radical (unpaired) electrons. The molecule has 5 heteroatoms. The Balaban J connectivity index is 1.84. The van der Waals surface area contributed by atoms with Crippen LogP contribution in [0.1, 0.15) is 12.6 Å². The average Bonchev–Trinajstić information content (AvgIpc) is 2.53. The minimum Gasteiger partial charge on any atom is -0.344 e. The summed E-state index contributed by atoms with van der Waals surface area (Å²) in [4.78, 5) is 22.6. The first-order chi connectivity index (χ1) is 10.2. The number of thioether (sulfide) groups is 1. The zero-order valence-corrected chi connectivity index (χ0v) is 13.1. The monoisotopic (exact) mass is 301 g/mol. The lowest BCUT2D eigenvalue weighted by Crippen LogP contribution is -2.34. The Morgan fingerprint density at radius 2 is 1.90 bits per heavy atom. The number of hydrogen-bond acceptors (Lipinski definition) is 4. The molecule has 0 aliphatic carbocycles. The number of hydrogen-bond donors (Lipinski definition) is 0. The second-order valence-corrected chi connectivity index (χ2v) is 6.12. The van der Waals surface area contributed by atoms with E-state index in [0.29, 0.717) is 6.54 Å². The highest BCUT2D eigenvalue weighted by Gasteiger charge is 2.18. The van der Waals surface area contributed by atoms with Gasteiger partial charge in [-0.3, -0.25) is 9.78 Å². The third kappa shape index (κ3) is 4.86. The van der Waals surface area contributed by atoms with Gasteiger partial charge in [0.05, 0.1) is 10.3 Å². The highest BCUT2D eigenvalue weighted by Crippen LogP contribution is 2.21. The molecule has 0 N–H and O–H groups in total. The van der Waals surface area contributed by atoms with Gasteiger partial charge in [0.25, 0.3) is 0 Å². The molecule has 0 bridgehead atoms. The topological polar surface area (TPSA) is 46.1 Å². The van der Waals surface area contributed by atoms with Crippen LogP contribution in [0.2, 0.25) is 0 Å². The fraction of sp³-hybridized carbons (Fsp3) is 0.312. The van der Waals surface area contributed by atoms with Crippen LogP contribution in [0, 0.1) is 0 Å². The van der Waals surface area contributed by atoms with Crippen LogP contribution >= 0.6 is 11.8 Å². The number of rotatable bonds is 6. The predicted molar refractivity (Wildman–Crippen MR) is 85.1 cm³/mol. The van der Waals surface area contributed by atoms with Gasteiger partial charge in [0, 0.05) is 38.1 Å². The summed E-state index contributed by atoms with van der Waals surface area (Å²) in [5, 5.41) is 0.727. The van der Waals surface area contributed by atoms with Crippen LogP contribution in [0.15, 0.2) is 53.8 Å². The highest BCUT2D eigenvalue weighted by molar-refractivity contribution is 8.00. The average molecular weight is 301 g/mol. The fourth-order valence-electron chi connectivity index (χ4n) is 1.90. The predicted octanol–water partition coefficient (Wildman–Crippen LogP) is 2.66. The summed E-state index contributed by atoms with van der Waals surface area (Å²) in [6.07, 6.45) is 4.28. The molecule has 1 amide bonds. The molecule has 0 aliphatic heterocycles. The number of nitrogens with zero attached hydrogens (tertiary/aromatic N) is 3. The fourth-order valence-corrected chi connectivity index (χ4v) is 2.82. The normalized spacial score (nSPS) is 11.9. The minimum atomic E-state index is -0.145. The van der Waals surface area contributed by atoms with Crippen LogP contribution in [-0.2, 0) is 11.2 Å². The lowest BCUT2D eigenvalue weighted by Gasteiger charge is -2.20. The third-order valence-electron chi connectivity index (χ3n) is 3.09. The van der Waals surface area contributed by atoms with Gasteiger partial charge in [0.15, 0.2) is 0 Å². The van der Waals surface area contributed by atoms with Gasteiger partial charge in [-0.25, -0.2) is 4.98 Å². The van der Waals surface area contributed by atoms with Crippen LogP contribution in [0.4, 0.5) is 0 Å². The van der Waals surface area contributed by atoms with E-state index in [1.807, 2.05) is 50.4 Å². The molecule has 2 aromatic heterocycles. The molecule has 2 heterocycles. The first-order valence-electron chi connectivity index (χ1n) is 6.89. The van der Waals surface area contributed by atoms with E-state index >= 15 is 0 Å². The van der Waals surface area contributed by atoms with Crippen molar-refractivity contribution in [1.82, 2.24) is 14.9 Å². The molecule has 21 heavy (non-hydrogen) atoms. The second kappa shape index (κ2) is 7.78. The Morgan fingerprint density at radius 1 is 1.19 bits per heavy atom. The van der Waals surface area contributed by atoms with Crippen molar-refractivity contribution in [3.63, 3.8) is 0 Å². The molecule has 2 aromatic rings. The Hall–Kier alpha value is -1.88. The number of pyridine rings is 2. The lowest BCUT2D eigenvalue weighted by atomic mass is 10.2. The summed E-state index contributed by atoms with van der Waals surface area (Å²) >= 11 is 1.48. The first kappa shape index (κ1) is 15.5. The quantitative estimate of drug-likeness (QED) is 0.770. The SMILES string of the molecule is C[C@@H](Sc1ccccn1)C(=O)N(C)CCc1ccccn1. The van der Waals surface area contributed by atoms with Crippen LogP contribution in [0.3, 0.4) is 0 Å². The van der Waals surface area contributed by atoms with Crippen molar-refractivity contribution in [3.05, 3.63) is 54.5 Å². The van der Waals surface area contributed by atoms with Gasteiger partial charge >= 0.3 is 0 Å². The Bertz CT molecular complexity index is 562. The van der Waals surface area contributed by atoms with Gasteiger partial charge in [0.2, 0.25) is 5.91 Å². The Labute approximate surface area is 129 Å². The standard InChI is InChI=1S/C16H19N3OS/c1-13(21-15-8-4-6-11-18-15)16(20)19(2)12-9-14-7-3-5-10-17-14/h3-8,10-11,13H,9,12H2,1-2H3/t13-/m1/s1. The molecule has 4 nitrogen and oxygen atoms in total. The van der Waals surface area contributed by atoms with E-state index in [1.165, 1.54) is 11.8 Å². The van der Waals surface area contributed by atoms with Gasteiger partial charge in [-0.15, -0.1) is 0 Å². The number of aromatic nitrogens is 2. The first-order valence-corrected chi connectivity index (χ1v) is 7.77. The summed E-state index contributed by atoms with van der Waals surface area (Å²) in [6.45, 7) is 2.59. The maximum Gasteiger partial charge on any atom is 0.235 e. The Morgan fingerprint density at radius 3 is 2.52 bits per heavy atom. The number of carbonyl (C=O) groups excluding carboxylic acids is 1. The van der Waals surface area contributed by atoms with Crippen molar-refractivity contribution in [2.45, 2.75) is 23.6 Å². The molecular weight excluding hydrogens is 282 g/mol. The molecule has 110 valence electrons. The summed E-state index contributed by atoms with van der Waals surface area (Å²) in [7, 11) is 1.83. The summed E-state index contributed by atoms with van der Waals surface area (Å²) in [5.41, 5.74) is 1.00. The van der Waals surface area contributed by atoms with Gasteiger partial charge < -0.3 is 4.90 Å². The van der Waals surface area contributed by atoms with E-state index in [4.69, 9.17) is 0 Å². The molecule has 0 spiro atoms. The van der Waals surface area contributed by atoms with Gasteiger partial charge in [-0.2, -0.15) is 0 Å². The van der Waals surface area contributed by atoms with Crippen LogP contribution in [0.25, 0.3) is 0 Å². The van der Waals surface area contributed by atoms with Gasteiger partial charge in [-0.05, 0) is 31.2 Å². The van der Waals surface area contributed by atoms with E-state index in [0.717, 1.165) is 17.1 Å². The number of carbonyl (C=O) groups is 1. The summed E-state index contributed by atoms with van der Waals surface area (Å²) in [5.74, 6) is 0.113. The third-order valence-corrected chi connectivity index (χ3v) is 4.13. The van der Waals surface area contributed by atoms with E-state index in [2.05, 4.69) is 9.97 Å². The van der Waals surface area contributed by atoms with E-state index in [1.54, 1.807) is 17.3 Å². The molecule has 0 saturated heterocycles. The van der Waals surface area contributed by atoms with Crippen molar-refractivity contribution in [2.24, 2.45) is 0 Å². The summed E-state index contributed by atoms with van der Waals surface area (Å²) in [6, 6.07) is 11.5. The van der Waals surface area contributed by atoms with E-state index in [-0.39, 0.29) is 11.2 Å². The molecule has 0 fully saturated rings. The summed E-state index contributed by atoms with van der Waals surface area (Å²) < 4.78 is 0. The van der Waals surface area contributed by atoms with Crippen LogP contribution in [-0.4, -0.2) is 39.6 Å². The maximum absolute atomic E-state index is 12.3. The zero-order valence-electron chi connectivity index (χ0n) is 12.3. The minimum absolute atomic E-state index is 0.113. The van der Waals surface area contributed by atoms with Crippen LogP contribution < -0.4 is 0 Å². The zero-order chi connectivity index (χ0) is 15.1. The molecule has 2 rings (SSSR count). The van der Waals surface area contributed by atoms with Gasteiger partial charge in [-0.1, -0.05) is 23.9 Å². The van der Waals surface area contributed by atoms with Gasteiger partial charge in [0.1, 0.15) is 0 Å². The van der Waals surface area contributed by atoms with Crippen molar-refractivity contribution in [1.29, 1.82) is 0 Å². The molecule has 0 unspecified atom stereocenters. The van der Waals surface area contributed by atoms with E-state index < -0.39 is 0 Å². The highest BCUT2D eigenvalue weighted by atomic mass is 32.2. The van der Waals surface area contributed by atoms with Crippen molar-refractivity contribution >= 4 is 17.7 Å².